The Morgan fingerprint density at radius 3 is 2.68 bits per heavy atom. The molecule has 0 unspecified atom stereocenters. The fourth-order valence-corrected chi connectivity index (χ4v) is 2.64. The average Bonchev–Trinajstić information content (AvgIpc) is 2.84. The van der Waals surface area contributed by atoms with E-state index < -0.39 is 5.41 Å². The summed E-state index contributed by atoms with van der Waals surface area (Å²) >= 11 is 0. The summed E-state index contributed by atoms with van der Waals surface area (Å²) in [4.78, 5) is 18.2. The summed E-state index contributed by atoms with van der Waals surface area (Å²) in [6.45, 7) is 2.16. The molecule has 1 heterocycles. The summed E-state index contributed by atoms with van der Waals surface area (Å²) in [5, 5.41) is 16.2. The zero-order chi connectivity index (χ0) is 13.9. The molecule has 0 bridgehead atoms. The standard InChI is InChI=1S/C13H19N5O/c1-10-15-11(17-16-10)8-18(2)12(19)13(9-14)6-4-3-5-7-13/h3-8H2,1-2H3,(H,15,16,17). The van der Waals surface area contributed by atoms with Crippen LogP contribution in [0.2, 0.25) is 0 Å². The maximum atomic E-state index is 12.5. The lowest BCUT2D eigenvalue weighted by Crippen LogP contribution is -2.42. The zero-order valence-corrected chi connectivity index (χ0v) is 11.4. The van der Waals surface area contributed by atoms with Crippen molar-refractivity contribution in [2.24, 2.45) is 5.41 Å². The average molecular weight is 261 g/mol. The molecule has 6 heteroatoms. The third-order valence-electron chi connectivity index (χ3n) is 3.70. The smallest absolute Gasteiger partial charge is 0.243 e. The number of carbonyl (C=O) groups excluding carboxylic acids is 1. The molecule has 0 radical (unpaired) electrons. The number of hydrogen-bond donors (Lipinski definition) is 1. The third-order valence-corrected chi connectivity index (χ3v) is 3.70. The lowest BCUT2D eigenvalue weighted by Gasteiger charge is -2.32. The number of rotatable bonds is 3. The molecule has 102 valence electrons. The van der Waals surface area contributed by atoms with E-state index in [1.54, 1.807) is 11.9 Å². The number of nitrogens with one attached hydrogen (secondary N) is 1. The number of nitrogens with zero attached hydrogens (tertiary/aromatic N) is 4. The van der Waals surface area contributed by atoms with E-state index in [-0.39, 0.29) is 5.91 Å². The van der Waals surface area contributed by atoms with Crippen molar-refractivity contribution in [1.29, 1.82) is 5.26 Å². The first kappa shape index (κ1) is 13.5. The minimum atomic E-state index is -0.835. The Hall–Kier alpha value is -1.90. The van der Waals surface area contributed by atoms with Crippen molar-refractivity contribution in [2.45, 2.75) is 45.6 Å². The van der Waals surface area contributed by atoms with E-state index in [0.29, 0.717) is 25.2 Å². The van der Waals surface area contributed by atoms with Gasteiger partial charge in [0.25, 0.3) is 0 Å². The van der Waals surface area contributed by atoms with E-state index in [4.69, 9.17) is 0 Å². The van der Waals surface area contributed by atoms with Crippen LogP contribution in [0.4, 0.5) is 0 Å². The second-order valence-electron chi connectivity index (χ2n) is 5.25. The molecule has 1 aromatic rings. The van der Waals surface area contributed by atoms with E-state index in [1.165, 1.54) is 0 Å². The number of aromatic nitrogens is 3. The van der Waals surface area contributed by atoms with Crippen LogP contribution in [-0.4, -0.2) is 33.0 Å². The molecule has 1 amide bonds. The second-order valence-corrected chi connectivity index (χ2v) is 5.25. The molecule has 19 heavy (non-hydrogen) atoms. The van der Waals surface area contributed by atoms with Crippen LogP contribution in [0.1, 0.15) is 43.8 Å². The number of hydrogen-bond acceptors (Lipinski definition) is 4. The molecule has 1 aromatic heterocycles. The summed E-state index contributed by atoms with van der Waals surface area (Å²) < 4.78 is 0. The van der Waals surface area contributed by atoms with E-state index in [2.05, 4.69) is 21.3 Å². The number of carbonyl (C=O) groups is 1. The normalized spacial score (nSPS) is 17.7. The monoisotopic (exact) mass is 261 g/mol. The van der Waals surface area contributed by atoms with Gasteiger partial charge in [0.05, 0.1) is 12.6 Å². The molecule has 1 aliphatic carbocycles. The maximum Gasteiger partial charge on any atom is 0.243 e. The quantitative estimate of drug-likeness (QED) is 0.894. The van der Waals surface area contributed by atoms with Crippen LogP contribution in [0.5, 0.6) is 0 Å². The Kier molecular flexibility index (Phi) is 3.84. The summed E-state index contributed by atoms with van der Waals surface area (Å²) in [5.41, 5.74) is -0.835. The molecule has 6 nitrogen and oxygen atoms in total. The molecule has 1 N–H and O–H groups in total. The third kappa shape index (κ3) is 2.75. The van der Waals surface area contributed by atoms with Crippen molar-refractivity contribution in [2.75, 3.05) is 7.05 Å². The molecular weight excluding hydrogens is 242 g/mol. The number of aromatic amines is 1. The highest BCUT2D eigenvalue weighted by Gasteiger charge is 2.41. The van der Waals surface area contributed by atoms with Gasteiger partial charge in [-0.25, -0.2) is 4.98 Å². The lowest BCUT2D eigenvalue weighted by atomic mass is 9.74. The maximum absolute atomic E-state index is 12.5. The van der Waals surface area contributed by atoms with Crippen molar-refractivity contribution in [3.05, 3.63) is 11.6 Å². The van der Waals surface area contributed by atoms with Crippen molar-refractivity contribution >= 4 is 5.91 Å². The van der Waals surface area contributed by atoms with E-state index in [1.807, 2.05) is 6.92 Å². The highest BCUT2D eigenvalue weighted by atomic mass is 16.2. The second kappa shape index (κ2) is 5.39. The fraction of sp³-hybridized carbons (Fsp3) is 0.692. The van der Waals surface area contributed by atoms with Crippen LogP contribution in [0, 0.1) is 23.7 Å². The predicted molar refractivity (Wildman–Crippen MR) is 68.7 cm³/mol. The van der Waals surface area contributed by atoms with Crippen molar-refractivity contribution in [1.82, 2.24) is 20.1 Å². The molecule has 0 atom stereocenters. The van der Waals surface area contributed by atoms with Gasteiger partial charge >= 0.3 is 0 Å². The molecular formula is C13H19N5O. The molecule has 0 aliphatic heterocycles. The minimum Gasteiger partial charge on any atom is -0.337 e. The summed E-state index contributed by atoms with van der Waals surface area (Å²) in [6.07, 6.45) is 4.35. The zero-order valence-electron chi connectivity index (χ0n) is 11.4. The molecule has 1 aliphatic rings. The van der Waals surface area contributed by atoms with Gasteiger partial charge in [0.1, 0.15) is 11.2 Å². The fourth-order valence-electron chi connectivity index (χ4n) is 2.64. The van der Waals surface area contributed by atoms with Gasteiger partial charge in [-0.15, -0.1) is 0 Å². The van der Waals surface area contributed by atoms with Gasteiger partial charge in [-0.3, -0.25) is 9.89 Å². The summed E-state index contributed by atoms with van der Waals surface area (Å²) in [5.74, 6) is 1.21. The lowest BCUT2D eigenvalue weighted by molar-refractivity contribution is -0.139. The SMILES string of the molecule is Cc1nc(CN(C)C(=O)C2(C#N)CCCCC2)n[nH]1. The minimum absolute atomic E-state index is 0.0999. The van der Waals surface area contributed by atoms with E-state index in [0.717, 1.165) is 25.1 Å². The Morgan fingerprint density at radius 1 is 1.47 bits per heavy atom. The Bertz CT molecular complexity index is 495. The highest BCUT2D eigenvalue weighted by molar-refractivity contribution is 5.85. The Morgan fingerprint density at radius 2 is 2.16 bits per heavy atom. The number of aryl methyl sites for hydroxylation is 1. The molecule has 0 spiro atoms. The van der Waals surface area contributed by atoms with Gasteiger partial charge in [0, 0.05) is 7.05 Å². The number of H-pyrrole nitrogens is 1. The van der Waals surface area contributed by atoms with Crippen LogP contribution in [0.25, 0.3) is 0 Å². The molecule has 2 rings (SSSR count). The Labute approximate surface area is 112 Å². The van der Waals surface area contributed by atoms with Gasteiger partial charge in [-0.05, 0) is 19.8 Å². The van der Waals surface area contributed by atoms with Crippen molar-refractivity contribution in [3.63, 3.8) is 0 Å². The van der Waals surface area contributed by atoms with Crippen molar-refractivity contribution < 1.29 is 4.79 Å². The molecule has 1 saturated carbocycles. The topological polar surface area (TPSA) is 85.7 Å². The molecule has 0 saturated heterocycles. The van der Waals surface area contributed by atoms with Crippen molar-refractivity contribution in [3.8, 4) is 6.07 Å². The van der Waals surface area contributed by atoms with Gasteiger partial charge in [0.15, 0.2) is 5.82 Å². The molecule has 1 fully saturated rings. The van der Waals surface area contributed by atoms with Gasteiger partial charge < -0.3 is 4.90 Å². The van der Waals surface area contributed by atoms with E-state index >= 15 is 0 Å². The van der Waals surface area contributed by atoms with Crippen LogP contribution in [-0.2, 0) is 11.3 Å². The first-order chi connectivity index (χ1) is 9.07. The van der Waals surface area contributed by atoms with Gasteiger partial charge in [0.2, 0.25) is 5.91 Å². The number of nitriles is 1. The van der Waals surface area contributed by atoms with Gasteiger partial charge in [-0.2, -0.15) is 10.4 Å². The highest BCUT2D eigenvalue weighted by Crippen LogP contribution is 2.37. The first-order valence-corrected chi connectivity index (χ1v) is 6.62. The van der Waals surface area contributed by atoms with Crippen LogP contribution >= 0.6 is 0 Å². The largest absolute Gasteiger partial charge is 0.337 e. The first-order valence-electron chi connectivity index (χ1n) is 6.62. The summed E-state index contributed by atoms with van der Waals surface area (Å²) in [6, 6.07) is 2.25. The molecule has 0 aromatic carbocycles. The summed E-state index contributed by atoms with van der Waals surface area (Å²) in [7, 11) is 1.71. The Balaban J connectivity index is 2.07. The van der Waals surface area contributed by atoms with Crippen LogP contribution in [0.15, 0.2) is 0 Å². The van der Waals surface area contributed by atoms with Gasteiger partial charge in [-0.1, -0.05) is 19.3 Å². The van der Waals surface area contributed by atoms with Crippen LogP contribution < -0.4 is 0 Å². The van der Waals surface area contributed by atoms with Crippen LogP contribution in [0.3, 0.4) is 0 Å². The van der Waals surface area contributed by atoms with E-state index in [9.17, 15) is 10.1 Å². The predicted octanol–water partition coefficient (Wildman–Crippen LogP) is 1.55. The number of amides is 1.